The molecule has 6 heteroatoms. The minimum absolute atomic E-state index is 0.0946. The summed E-state index contributed by atoms with van der Waals surface area (Å²) in [6.07, 6.45) is -0.628. The highest BCUT2D eigenvalue weighted by molar-refractivity contribution is 6.09. The number of carboxylic acid groups (broad SMARTS) is 1. The summed E-state index contributed by atoms with van der Waals surface area (Å²) in [5.74, 6) is -3.54. The van der Waals surface area contributed by atoms with Gasteiger partial charge in [-0.2, -0.15) is 5.26 Å². The predicted molar refractivity (Wildman–Crippen MR) is 45.7 cm³/mol. The van der Waals surface area contributed by atoms with E-state index in [2.05, 4.69) is 4.74 Å². The largest absolute Gasteiger partial charge is 0.481 e. The van der Waals surface area contributed by atoms with Gasteiger partial charge >= 0.3 is 11.9 Å². The number of aliphatic carboxylic acids is 1. The molecule has 0 saturated heterocycles. The maximum Gasteiger partial charge on any atom is 0.329 e. The minimum Gasteiger partial charge on any atom is -0.481 e. The van der Waals surface area contributed by atoms with Crippen LogP contribution in [0.2, 0.25) is 0 Å². The summed E-state index contributed by atoms with van der Waals surface area (Å²) in [6, 6.07) is 1.53. The molecule has 0 bridgehead atoms. The van der Waals surface area contributed by atoms with Crippen LogP contribution in [0.15, 0.2) is 0 Å². The average molecular weight is 198 g/mol. The van der Waals surface area contributed by atoms with E-state index in [0.717, 1.165) is 0 Å². The quantitative estimate of drug-likeness (QED) is 0.483. The second kappa shape index (κ2) is 5.70. The van der Waals surface area contributed by atoms with E-state index in [1.54, 1.807) is 6.92 Å². The lowest BCUT2D eigenvalue weighted by molar-refractivity contribution is -0.144. The Morgan fingerprint density at radius 3 is 2.57 bits per heavy atom. The van der Waals surface area contributed by atoms with Gasteiger partial charge in [-0.15, -0.1) is 0 Å². The van der Waals surface area contributed by atoms with Crippen molar-refractivity contribution in [3.63, 3.8) is 0 Å². The van der Waals surface area contributed by atoms with Crippen LogP contribution >= 0.6 is 0 Å². The summed E-state index contributed by atoms with van der Waals surface area (Å²) in [7, 11) is 0. The molecule has 0 aromatic heterocycles. The molecule has 14 heavy (non-hydrogen) atoms. The van der Waals surface area contributed by atoms with E-state index in [1.165, 1.54) is 6.07 Å². The highest BCUT2D eigenvalue weighted by Crippen LogP contribution is 2.04. The van der Waals surface area contributed by atoms with E-state index in [-0.39, 0.29) is 6.61 Å². The molecule has 0 heterocycles. The number of nitrogens with one attached hydrogen (secondary N) is 1. The molecule has 0 spiro atoms. The zero-order valence-corrected chi connectivity index (χ0v) is 7.61. The molecule has 0 saturated carbocycles. The summed E-state index contributed by atoms with van der Waals surface area (Å²) >= 11 is 0. The Bertz CT molecular complexity index is 292. The zero-order valence-electron chi connectivity index (χ0n) is 7.61. The van der Waals surface area contributed by atoms with Gasteiger partial charge < -0.3 is 15.3 Å². The number of esters is 1. The van der Waals surface area contributed by atoms with Crippen molar-refractivity contribution in [1.29, 1.82) is 10.7 Å². The van der Waals surface area contributed by atoms with E-state index in [9.17, 15) is 9.59 Å². The molecule has 0 radical (unpaired) electrons. The molecule has 6 nitrogen and oxygen atoms in total. The first-order valence-electron chi connectivity index (χ1n) is 3.88. The van der Waals surface area contributed by atoms with Crippen LogP contribution in [0.25, 0.3) is 0 Å². The van der Waals surface area contributed by atoms with E-state index < -0.39 is 30.0 Å². The second-order valence-electron chi connectivity index (χ2n) is 2.41. The first-order valence-corrected chi connectivity index (χ1v) is 3.88. The molecule has 0 unspecified atom stereocenters. The summed E-state index contributed by atoms with van der Waals surface area (Å²) in [6.45, 7) is 1.66. The van der Waals surface area contributed by atoms with Gasteiger partial charge in [-0.25, -0.2) is 0 Å². The van der Waals surface area contributed by atoms with Gasteiger partial charge in [-0.05, 0) is 6.92 Å². The van der Waals surface area contributed by atoms with E-state index >= 15 is 0 Å². The van der Waals surface area contributed by atoms with Crippen molar-refractivity contribution in [1.82, 2.24) is 0 Å². The molecule has 2 N–H and O–H groups in total. The number of nitrogens with zero attached hydrogens (tertiary/aromatic N) is 1. The molecular weight excluding hydrogens is 188 g/mol. The van der Waals surface area contributed by atoms with Gasteiger partial charge in [0, 0.05) is 5.71 Å². The molecule has 0 aliphatic carbocycles. The number of nitriles is 1. The number of ether oxygens (including phenoxy) is 1. The molecule has 0 rings (SSSR count). The molecule has 0 amide bonds. The van der Waals surface area contributed by atoms with Crippen LogP contribution in [0.4, 0.5) is 0 Å². The van der Waals surface area contributed by atoms with Crippen LogP contribution in [0.3, 0.4) is 0 Å². The third kappa shape index (κ3) is 3.67. The smallest absolute Gasteiger partial charge is 0.329 e. The third-order valence-electron chi connectivity index (χ3n) is 1.34. The maximum absolute atomic E-state index is 11.0. The predicted octanol–water partition coefficient (Wildman–Crippen LogP) is 0.184. The van der Waals surface area contributed by atoms with E-state index in [4.69, 9.17) is 15.8 Å². The molecular formula is C8H10N2O4. The number of hydrogen-bond acceptors (Lipinski definition) is 5. The summed E-state index contributed by atoms with van der Waals surface area (Å²) < 4.78 is 4.50. The van der Waals surface area contributed by atoms with Gasteiger partial charge in [-0.3, -0.25) is 9.59 Å². The molecule has 0 aliphatic rings. The van der Waals surface area contributed by atoms with Crippen LogP contribution in [-0.2, 0) is 14.3 Å². The Hall–Kier alpha value is -1.90. The number of carbonyl (C=O) groups excluding carboxylic acids is 1. The molecule has 0 aliphatic heterocycles. The molecule has 0 aromatic rings. The zero-order chi connectivity index (χ0) is 11.1. The van der Waals surface area contributed by atoms with Crippen LogP contribution in [0.5, 0.6) is 0 Å². The maximum atomic E-state index is 11.0. The Labute approximate surface area is 80.6 Å². The SMILES string of the molecule is CCOC(=O)[C@@H](C#N)C(=N)CC(=O)O. The van der Waals surface area contributed by atoms with E-state index in [1.807, 2.05) is 0 Å². The lowest BCUT2D eigenvalue weighted by Gasteiger charge is -2.07. The van der Waals surface area contributed by atoms with Crippen molar-refractivity contribution in [2.75, 3.05) is 6.61 Å². The number of rotatable bonds is 5. The highest BCUT2D eigenvalue weighted by Gasteiger charge is 2.25. The van der Waals surface area contributed by atoms with Gasteiger partial charge in [0.05, 0.1) is 19.1 Å². The van der Waals surface area contributed by atoms with Crippen molar-refractivity contribution >= 4 is 17.7 Å². The van der Waals surface area contributed by atoms with Crippen LogP contribution < -0.4 is 0 Å². The Kier molecular flexibility index (Phi) is 4.92. The standard InChI is InChI=1S/C8H10N2O4/c1-2-14-8(13)5(4-9)6(10)3-7(11)12/h5,10H,2-3H2,1H3,(H,11,12)/t5-/m0/s1. The Balaban J connectivity index is 4.42. The van der Waals surface area contributed by atoms with Crippen molar-refractivity contribution < 1.29 is 19.4 Å². The van der Waals surface area contributed by atoms with Crippen molar-refractivity contribution in [3.8, 4) is 6.07 Å². The van der Waals surface area contributed by atoms with Crippen molar-refractivity contribution in [3.05, 3.63) is 0 Å². The first-order chi connectivity index (χ1) is 6.52. The lowest BCUT2D eigenvalue weighted by Crippen LogP contribution is -2.26. The van der Waals surface area contributed by atoms with Gasteiger partial charge in [0.1, 0.15) is 0 Å². The van der Waals surface area contributed by atoms with Crippen molar-refractivity contribution in [2.45, 2.75) is 13.3 Å². The van der Waals surface area contributed by atoms with Crippen LogP contribution in [0, 0.1) is 22.7 Å². The van der Waals surface area contributed by atoms with Crippen LogP contribution in [0.1, 0.15) is 13.3 Å². The minimum atomic E-state index is -1.41. The summed E-state index contributed by atoms with van der Waals surface area (Å²) in [5.41, 5.74) is -0.460. The molecule has 1 atom stereocenters. The Morgan fingerprint density at radius 2 is 2.21 bits per heavy atom. The first kappa shape index (κ1) is 12.1. The van der Waals surface area contributed by atoms with Gasteiger partial charge in [0.15, 0.2) is 5.92 Å². The van der Waals surface area contributed by atoms with Crippen molar-refractivity contribution in [2.24, 2.45) is 5.92 Å². The van der Waals surface area contributed by atoms with E-state index in [0.29, 0.717) is 0 Å². The normalized spacial score (nSPS) is 11.1. The van der Waals surface area contributed by atoms with Crippen LogP contribution in [-0.4, -0.2) is 29.4 Å². The molecule has 76 valence electrons. The number of carbonyl (C=O) groups is 2. The fourth-order valence-electron chi connectivity index (χ4n) is 0.763. The number of carboxylic acids is 1. The molecule has 0 aromatic carbocycles. The third-order valence-corrected chi connectivity index (χ3v) is 1.34. The fourth-order valence-corrected chi connectivity index (χ4v) is 0.763. The summed E-state index contributed by atoms with van der Waals surface area (Å²) in [5, 5.41) is 24.0. The summed E-state index contributed by atoms with van der Waals surface area (Å²) in [4.78, 5) is 21.2. The van der Waals surface area contributed by atoms with Gasteiger partial charge in [-0.1, -0.05) is 0 Å². The average Bonchev–Trinajstić information content (AvgIpc) is 2.04. The fraction of sp³-hybridized carbons (Fsp3) is 0.500. The van der Waals surface area contributed by atoms with Gasteiger partial charge in [0.25, 0.3) is 0 Å². The highest BCUT2D eigenvalue weighted by atomic mass is 16.5. The molecule has 0 fully saturated rings. The monoisotopic (exact) mass is 198 g/mol. The second-order valence-corrected chi connectivity index (χ2v) is 2.41. The Morgan fingerprint density at radius 1 is 1.64 bits per heavy atom. The number of hydrogen-bond donors (Lipinski definition) is 2. The topological polar surface area (TPSA) is 111 Å². The van der Waals surface area contributed by atoms with Gasteiger partial charge in [0.2, 0.25) is 0 Å². The lowest BCUT2D eigenvalue weighted by atomic mass is 10.0.